The molecule has 4 rings (SSSR count). The van der Waals surface area contributed by atoms with Gasteiger partial charge in [0, 0.05) is 19.5 Å². The highest BCUT2D eigenvalue weighted by Gasteiger charge is 2.27. The van der Waals surface area contributed by atoms with Crippen molar-refractivity contribution < 1.29 is 14.3 Å². The Hall–Kier alpha value is -3.42. The molecule has 1 saturated heterocycles. The average Bonchev–Trinajstić information content (AvgIpc) is 3.18. The second-order valence-electron chi connectivity index (χ2n) is 9.17. The van der Waals surface area contributed by atoms with E-state index in [2.05, 4.69) is 15.3 Å². The zero-order chi connectivity index (χ0) is 22.7. The minimum absolute atomic E-state index is 0.0386. The Balaban J connectivity index is 1.28. The highest BCUT2D eigenvalue weighted by molar-refractivity contribution is 5.90. The number of carbonyl (C=O) groups is 2. The number of nitrogens with one attached hydrogen (secondary N) is 1. The van der Waals surface area contributed by atoms with Gasteiger partial charge in [0.15, 0.2) is 0 Å². The molecule has 3 aromatic rings. The molecule has 0 saturated carbocycles. The number of benzene rings is 1. The third-order valence-electron chi connectivity index (χ3n) is 5.47. The summed E-state index contributed by atoms with van der Waals surface area (Å²) in [6, 6.07) is 11.6. The van der Waals surface area contributed by atoms with Gasteiger partial charge in [-0.25, -0.2) is 14.8 Å². The third kappa shape index (κ3) is 5.25. The summed E-state index contributed by atoms with van der Waals surface area (Å²) in [4.78, 5) is 35.3. The summed E-state index contributed by atoms with van der Waals surface area (Å²) in [5.74, 6) is 0.952. The maximum atomic E-state index is 12.5. The second kappa shape index (κ2) is 8.98. The molecule has 0 unspecified atom stereocenters. The lowest BCUT2D eigenvalue weighted by atomic mass is 9.93. The van der Waals surface area contributed by atoms with E-state index < -0.39 is 5.60 Å². The smallest absolute Gasteiger partial charge is 0.410 e. The fourth-order valence-corrected chi connectivity index (χ4v) is 3.86. The Labute approximate surface area is 187 Å². The van der Waals surface area contributed by atoms with E-state index in [9.17, 15) is 9.59 Å². The fraction of sp³-hybridized carbons (Fsp3) is 0.417. The number of aromatic nitrogens is 3. The Bertz CT molecular complexity index is 1090. The first-order chi connectivity index (χ1) is 15.3. The van der Waals surface area contributed by atoms with E-state index in [4.69, 9.17) is 4.74 Å². The lowest BCUT2D eigenvalue weighted by molar-refractivity contribution is -0.117. The molecule has 1 fully saturated rings. The van der Waals surface area contributed by atoms with Crippen LogP contribution in [0.4, 0.5) is 10.5 Å². The van der Waals surface area contributed by atoms with Crippen LogP contribution in [0.2, 0.25) is 0 Å². The molecule has 32 heavy (non-hydrogen) atoms. The van der Waals surface area contributed by atoms with Crippen molar-refractivity contribution in [2.75, 3.05) is 18.4 Å². The molecule has 2 amide bonds. The molecule has 1 aliphatic rings. The quantitative estimate of drug-likeness (QED) is 0.656. The molecule has 1 aliphatic heterocycles. The van der Waals surface area contributed by atoms with Gasteiger partial charge in [0.2, 0.25) is 5.91 Å². The van der Waals surface area contributed by atoms with Gasteiger partial charge in [-0.15, -0.1) is 0 Å². The van der Waals surface area contributed by atoms with Gasteiger partial charge in [-0.05, 0) is 63.8 Å². The van der Waals surface area contributed by atoms with Crippen molar-refractivity contribution in [1.29, 1.82) is 0 Å². The van der Waals surface area contributed by atoms with E-state index in [-0.39, 0.29) is 17.9 Å². The van der Waals surface area contributed by atoms with Crippen molar-refractivity contribution in [1.82, 2.24) is 19.4 Å². The predicted molar refractivity (Wildman–Crippen MR) is 123 cm³/mol. The summed E-state index contributed by atoms with van der Waals surface area (Å²) >= 11 is 0. The van der Waals surface area contributed by atoms with Gasteiger partial charge in [-0.3, -0.25) is 9.36 Å². The van der Waals surface area contributed by atoms with Crippen molar-refractivity contribution >= 4 is 28.7 Å². The minimum atomic E-state index is -0.498. The molecule has 0 spiro atoms. The number of piperidine rings is 1. The number of fused-ring (bicyclic) bond motifs is 1. The van der Waals surface area contributed by atoms with E-state index in [1.807, 2.05) is 61.7 Å². The lowest BCUT2D eigenvalue weighted by Gasteiger charge is -2.33. The van der Waals surface area contributed by atoms with E-state index in [1.165, 1.54) is 0 Å². The molecular formula is C24H29N5O3. The van der Waals surface area contributed by atoms with E-state index in [0.717, 1.165) is 29.7 Å². The summed E-state index contributed by atoms with van der Waals surface area (Å²) < 4.78 is 7.34. The van der Waals surface area contributed by atoms with Crippen molar-refractivity contribution in [2.24, 2.45) is 5.92 Å². The molecule has 1 aromatic carbocycles. The number of ether oxygens (including phenoxy) is 1. The van der Waals surface area contributed by atoms with Gasteiger partial charge in [-0.2, -0.15) is 0 Å². The van der Waals surface area contributed by atoms with Crippen LogP contribution in [0.25, 0.3) is 16.9 Å². The summed E-state index contributed by atoms with van der Waals surface area (Å²) in [7, 11) is 0. The first kappa shape index (κ1) is 21.8. The van der Waals surface area contributed by atoms with Crippen LogP contribution in [0.5, 0.6) is 0 Å². The topological polar surface area (TPSA) is 89.4 Å². The SMILES string of the molecule is CC(C)(C)OC(=O)N1CCC(CC(=O)Nc2ccc(-n3cnc4ccccc43)nc2)CC1. The standard InChI is InChI=1S/C24H29N5O3/c1-24(2,3)32-23(31)28-12-10-17(11-13-28)14-22(30)27-18-8-9-21(25-15-18)29-16-26-19-6-4-5-7-20(19)29/h4-9,15-17H,10-14H2,1-3H3,(H,27,30). The molecule has 1 N–H and O–H groups in total. The molecule has 2 aromatic heterocycles. The third-order valence-corrected chi connectivity index (χ3v) is 5.47. The van der Waals surface area contributed by atoms with Crippen LogP contribution in [-0.2, 0) is 9.53 Å². The number of hydrogen-bond donors (Lipinski definition) is 1. The van der Waals surface area contributed by atoms with Crippen molar-refractivity contribution in [3.8, 4) is 5.82 Å². The molecule has 0 atom stereocenters. The molecule has 8 heteroatoms. The van der Waals surface area contributed by atoms with Crippen LogP contribution < -0.4 is 5.32 Å². The molecule has 0 aliphatic carbocycles. The first-order valence-corrected chi connectivity index (χ1v) is 10.9. The van der Waals surface area contributed by atoms with Gasteiger partial charge in [0.1, 0.15) is 17.7 Å². The second-order valence-corrected chi connectivity index (χ2v) is 9.17. The predicted octanol–water partition coefficient (Wildman–Crippen LogP) is 4.40. The highest BCUT2D eigenvalue weighted by Crippen LogP contribution is 2.23. The Morgan fingerprint density at radius 3 is 2.53 bits per heavy atom. The average molecular weight is 436 g/mol. The molecular weight excluding hydrogens is 406 g/mol. The van der Waals surface area contributed by atoms with Crippen LogP contribution in [0, 0.1) is 5.92 Å². The fourth-order valence-electron chi connectivity index (χ4n) is 3.86. The molecule has 3 heterocycles. The highest BCUT2D eigenvalue weighted by atomic mass is 16.6. The van der Waals surface area contributed by atoms with Gasteiger partial charge in [-0.1, -0.05) is 12.1 Å². The zero-order valence-corrected chi connectivity index (χ0v) is 18.7. The number of nitrogens with zero attached hydrogens (tertiary/aromatic N) is 4. The lowest BCUT2D eigenvalue weighted by Crippen LogP contribution is -2.42. The number of likely N-dealkylation sites (tertiary alicyclic amines) is 1. The summed E-state index contributed by atoms with van der Waals surface area (Å²) in [5.41, 5.74) is 2.05. The Kier molecular flexibility index (Phi) is 6.12. The van der Waals surface area contributed by atoms with Crippen LogP contribution in [0.3, 0.4) is 0 Å². The van der Waals surface area contributed by atoms with Crippen LogP contribution in [0.15, 0.2) is 48.9 Å². The number of pyridine rings is 1. The van der Waals surface area contributed by atoms with Crippen LogP contribution in [0.1, 0.15) is 40.0 Å². The monoisotopic (exact) mass is 435 g/mol. The number of carbonyl (C=O) groups excluding carboxylic acids is 2. The van der Waals surface area contributed by atoms with Crippen molar-refractivity contribution in [3.05, 3.63) is 48.9 Å². The Morgan fingerprint density at radius 1 is 1.09 bits per heavy atom. The summed E-state index contributed by atoms with van der Waals surface area (Å²) in [6.07, 6.45) is 5.13. The van der Waals surface area contributed by atoms with Gasteiger partial charge >= 0.3 is 6.09 Å². The number of rotatable bonds is 4. The van der Waals surface area contributed by atoms with Gasteiger partial charge in [0.05, 0.1) is 22.9 Å². The van der Waals surface area contributed by atoms with Crippen LogP contribution >= 0.6 is 0 Å². The summed E-state index contributed by atoms with van der Waals surface area (Å²) in [5, 5.41) is 2.93. The van der Waals surface area contributed by atoms with E-state index in [1.54, 1.807) is 17.4 Å². The molecule has 0 radical (unpaired) electrons. The molecule has 0 bridgehead atoms. The Morgan fingerprint density at radius 2 is 1.84 bits per heavy atom. The van der Waals surface area contributed by atoms with Crippen molar-refractivity contribution in [2.45, 2.75) is 45.6 Å². The van der Waals surface area contributed by atoms with Gasteiger partial charge in [0.25, 0.3) is 0 Å². The van der Waals surface area contributed by atoms with Crippen LogP contribution in [-0.4, -0.2) is 50.1 Å². The van der Waals surface area contributed by atoms with Crippen molar-refractivity contribution in [3.63, 3.8) is 0 Å². The number of anilines is 1. The first-order valence-electron chi connectivity index (χ1n) is 10.9. The summed E-state index contributed by atoms with van der Waals surface area (Å²) in [6.45, 7) is 6.81. The number of imidazole rings is 1. The molecule has 168 valence electrons. The van der Waals surface area contributed by atoms with Gasteiger partial charge < -0.3 is 15.0 Å². The maximum Gasteiger partial charge on any atom is 0.410 e. The van der Waals surface area contributed by atoms with E-state index in [0.29, 0.717) is 25.2 Å². The maximum absolute atomic E-state index is 12.5. The molecule has 8 nitrogen and oxygen atoms in total. The minimum Gasteiger partial charge on any atom is -0.444 e. The normalized spacial score (nSPS) is 15.0. The zero-order valence-electron chi connectivity index (χ0n) is 18.7. The number of para-hydroxylation sites is 2. The van der Waals surface area contributed by atoms with E-state index >= 15 is 0 Å². The number of amides is 2. The number of hydrogen-bond acceptors (Lipinski definition) is 5. The largest absolute Gasteiger partial charge is 0.444 e.